The molecule has 0 saturated heterocycles. The van der Waals surface area contributed by atoms with E-state index in [-0.39, 0.29) is 10.9 Å². The normalized spacial score (nSPS) is 10.6. The van der Waals surface area contributed by atoms with Crippen molar-refractivity contribution in [2.45, 2.75) is 6.55 Å². The molecule has 0 amide bonds. The standard InChI is InChI=1S/C7H10Si/c1-8-7-5-3-2-4-6-7/h2-6H,8H2,1H3/p+1. The molecule has 0 heterocycles. The molecular formula is C7H11Si+. The number of rotatable bonds is 1. The van der Waals surface area contributed by atoms with Crippen LogP contribution < -0.4 is 5.19 Å². The van der Waals surface area contributed by atoms with Gasteiger partial charge in [-0.15, -0.1) is 0 Å². The third-order valence-electron chi connectivity index (χ3n) is 1.25. The molecule has 0 N–H and O–H groups in total. The van der Waals surface area contributed by atoms with Gasteiger partial charge in [0, 0.05) is 0 Å². The van der Waals surface area contributed by atoms with E-state index in [0.29, 0.717) is 0 Å². The first kappa shape index (κ1) is 5.57. The maximum Gasteiger partial charge on any atom is 1.00 e. The molecule has 0 bridgehead atoms. The fourth-order valence-electron chi connectivity index (χ4n) is 0.714. The van der Waals surface area contributed by atoms with E-state index in [2.05, 4.69) is 36.9 Å². The molecule has 42 valence electrons. The van der Waals surface area contributed by atoms with Crippen molar-refractivity contribution in [3.63, 3.8) is 0 Å². The zero-order chi connectivity index (χ0) is 5.82. The van der Waals surface area contributed by atoms with Crippen LogP contribution in [0.1, 0.15) is 1.43 Å². The Balaban J connectivity index is 0.000000640. The highest BCUT2D eigenvalue weighted by molar-refractivity contribution is 6.51. The predicted octanol–water partition coefficient (Wildman–Crippen LogP) is 0.641. The summed E-state index contributed by atoms with van der Waals surface area (Å²) in [6.07, 6.45) is 0. The Kier molecular flexibility index (Phi) is 1.86. The molecule has 0 saturated carbocycles. The van der Waals surface area contributed by atoms with Gasteiger partial charge in [-0.2, -0.15) is 0 Å². The Morgan fingerprint density at radius 1 is 1.25 bits per heavy atom. The van der Waals surface area contributed by atoms with E-state index >= 15 is 0 Å². The summed E-state index contributed by atoms with van der Waals surface area (Å²) in [6.45, 7) is 2.30. The van der Waals surface area contributed by atoms with E-state index in [4.69, 9.17) is 0 Å². The second kappa shape index (κ2) is 2.67. The molecule has 0 nitrogen and oxygen atoms in total. The first-order valence-electron chi connectivity index (χ1n) is 2.97. The van der Waals surface area contributed by atoms with Gasteiger partial charge in [0.15, 0.2) is 0 Å². The van der Waals surface area contributed by atoms with Gasteiger partial charge < -0.3 is 0 Å². The number of hydrogen-bond donors (Lipinski definition) is 0. The van der Waals surface area contributed by atoms with Gasteiger partial charge in [0.25, 0.3) is 0 Å². The minimum atomic E-state index is 0. The van der Waals surface area contributed by atoms with Gasteiger partial charge in [0.1, 0.15) is 0 Å². The minimum Gasteiger partial charge on any atom is -0.0708 e. The molecule has 8 heavy (non-hydrogen) atoms. The number of benzene rings is 1. The summed E-state index contributed by atoms with van der Waals surface area (Å²) in [5.74, 6) is 0. The average Bonchev–Trinajstić information content (AvgIpc) is 1.90. The molecule has 1 aromatic carbocycles. The van der Waals surface area contributed by atoms with Crippen LogP contribution in [0.2, 0.25) is 6.55 Å². The van der Waals surface area contributed by atoms with Crippen molar-refractivity contribution < 1.29 is 1.43 Å². The van der Waals surface area contributed by atoms with Crippen molar-refractivity contribution >= 4 is 14.7 Å². The first-order chi connectivity index (χ1) is 3.93. The van der Waals surface area contributed by atoms with Crippen LogP contribution in [0.3, 0.4) is 0 Å². The Bertz CT molecular complexity index is 150. The molecule has 0 aliphatic heterocycles. The minimum absolute atomic E-state index is 0. The molecule has 1 heteroatoms. The van der Waals surface area contributed by atoms with Crippen LogP contribution in [0.4, 0.5) is 0 Å². The number of hydrogen-bond acceptors (Lipinski definition) is 0. The fourth-order valence-corrected chi connectivity index (χ4v) is 1.46. The lowest BCUT2D eigenvalue weighted by Gasteiger charge is -1.89. The van der Waals surface area contributed by atoms with Gasteiger partial charge >= 0.3 is 1.43 Å². The van der Waals surface area contributed by atoms with Gasteiger partial charge in [0.05, 0.1) is 9.52 Å². The van der Waals surface area contributed by atoms with Crippen LogP contribution in [0.25, 0.3) is 0 Å². The maximum atomic E-state index is 2.30. The molecule has 1 aromatic rings. The highest BCUT2D eigenvalue weighted by Crippen LogP contribution is 1.79. The Hall–Kier alpha value is -0.563. The van der Waals surface area contributed by atoms with Crippen molar-refractivity contribution in [2.75, 3.05) is 0 Å². The van der Waals surface area contributed by atoms with Crippen molar-refractivity contribution in [1.29, 1.82) is 0 Å². The molecule has 0 atom stereocenters. The van der Waals surface area contributed by atoms with E-state index in [1.807, 2.05) is 0 Å². The van der Waals surface area contributed by atoms with Crippen molar-refractivity contribution in [1.82, 2.24) is 0 Å². The average molecular weight is 123 g/mol. The Morgan fingerprint density at radius 2 is 1.88 bits per heavy atom. The Morgan fingerprint density at radius 3 is 2.25 bits per heavy atom. The highest BCUT2D eigenvalue weighted by atomic mass is 28.2. The summed E-state index contributed by atoms with van der Waals surface area (Å²) >= 11 is 0. The first-order valence-corrected chi connectivity index (χ1v) is 5.09. The molecule has 0 radical (unpaired) electrons. The van der Waals surface area contributed by atoms with Crippen LogP contribution in [0.15, 0.2) is 30.3 Å². The van der Waals surface area contributed by atoms with Gasteiger partial charge in [-0.1, -0.05) is 42.1 Å². The molecule has 0 aliphatic carbocycles. The zero-order valence-electron chi connectivity index (χ0n) is 6.09. The topological polar surface area (TPSA) is 0 Å². The molecule has 0 aliphatic rings. The van der Waals surface area contributed by atoms with E-state index in [9.17, 15) is 0 Å². The quantitative estimate of drug-likeness (QED) is 0.481. The monoisotopic (exact) mass is 123 g/mol. The summed E-state index contributed by atoms with van der Waals surface area (Å²) in [5.41, 5.74) is 0. The van der Waals surface area contributed by atoms with Crippen LogP contribution in [-0.4, -0.2) is 9.52 Å². The fraction of sp³-hybridized carbons (Fsp3) is 0.143. The largest absolute Gasteiger partial charge is 1.00 e. The van der Waals surface area contributed by atoms with Crippen molar-refractivity contribution in [3.8, 4) is 0 Å². The second-order valence-electron chi connectivity index (χ2n) is 1.84. The summed E-state index contributed by atoms with van der Waals surface area (Å²) in [4.78, 5) is 0. The van der Waals surface area contributed by atoms with Gasteiger partial charge in [-0.05, 0) is 0 Å². The third-order valence-corrected chi connectivity index (χ3v) is 2.54. The smallest absolute Gasteiger partial charge is 0.0708 e. The van der Waals surface area contributed by atoms with Crippen molar-refractivity contribution in [2.24, 2.45) is 0 Å². The van der Waals surface area contributed by atoms with Gasteiger partial charge in [0.2, 0.25) is 0 Å². The van der Waals surface area contributed by atoms with Gasteiger partial charge in [-0.25, -0.2) is 0 Å². The van der Waals surface area contributed by atoms with E-state index in [1.54, 1.807) is 5.19 Å². The lowest BCUT2D eigenvalue weighted by atomic mass is 10.4. The lowest BCUT2D eigenvalue weighted by Crippen LogP contribution is -2.07. The SMILES string of the molecule is C[SiH2]c1ccccc1.[H+]. The third kappa shape index (κ3) is 1.20. The predicted molar refractivity (Wildman–Crippen MR) is 41.6 cm³/mol. The molecule has 0 unspecified atom stereocenters. The second-order valence-corrected chi connectivity index (χ2v) is 3.36. The Labute approximate surface area is 53.9 Å². The van der Waals surface area contributed by atoms with E-state index < -0.39 is 0 Å². The summed E-state index contributed by atoms with van der Waals surface area (Å²) in [5, 5.41) is 1.55. The van der Waals surface area contributed by atoms with Crippen LogP contribution >= 0.6 is 0 Å². The highest BCUT2D eigenvalue weighted by Gasteiger charge is 1.80. The summed E-state index contributed by atoms with van der Waals surface area (Å²) in [7, 11) is 0.0913. The molecule has 0 fully saturated rings. The van der Waals surface area contributed by atoms with E-state index in [0.717, 1.165) is 0 Å². The zero-order valence-corrected chi connectivity index (χ0v) is 6.51. The lowest BCUT2D eigenvalue weighted by molar-refractivity contribution is 1.77. The summed E-state index contributed by atoms with van der Waals surface area (Å²) < 4.78 is 0. The van der Waals surface area contributed by atoms with Crippen molar-refractivity contribution in [3.05, 3.63) is 30.3 Å². The molecular weight excluding hydrogens is 112 g/mol. The van der Waals surface area contributed by atoms with E-state index in [1.165, 1.54) is 0 Å². The molecule has 0 spiro atoms. The van der Waals surface area contributed by atoms with Crippen LogP contribution in [-0.2, 0) is 0 Å². The van der Waals surface area contributed by atoms with Gasteiger partial charge in [-0.3, -0.25) is 0 Å². The maximum absolute atomic E-state index is 2.30. The van der Waals surface area contributed by atoms with Crippen LogP contribution in [0, 0.1) is 0 Å². The summed E-state index contributed by atoms with van der Waals surface area (Å²) in [6, 6.07) is 10.7. The molecule has 1 rings (SSSR count). The molecule has 0 aromatic heterocycles. The van der Waals surface area contributed by atoms with Crippen LogP contribution in [0.5, 0.6) is 0 Å².